The van der Waals surface area contributed by atoms with Gasteiger partial charge >= 0.3 is 0 Å². The van der Waals surface area contributed by atoms with Gasteiger partial charge in [-0.1, -0.05) is 12.2 Å². The first-order valence-electron chi connectivity index (χ1n) is 8.50. The lowest BCUT2D eigenvalue weighted by Gasteiger charge is -2.36. The zero-order valence-electron chi connectivity index (χ0n) is 13.5. The molecule has 0 spiro atoms. The van der Waals surface area contributed by atoms with Crippen molar-refractivity contribution in [1.82, 2.24) is 4.90 Å². The molecule has 3 saturated heterocycles. The van der Waals surface area contributed by atoms with E-state index in [0.29, 0.717) is 11.3 Å². The summed E-state index contributed by atoms with van der Waals surface area (Å²) < 4.78 is 0. The van der Waals surface area contributed by atoms with Gasteiger partial charge in [-0.15, -0.1) is 0 Å². The van der Waals surface area contributed by atoms with E-state index in [4.69, 9.17) is 0 Å². The Labute approximate surface area is 140 Å². The smallest absolute Gasteiger partial charge is 0.254 e. The number of hydrogen-bond donors (Lipinski definition) is 0. The van der Waals surface area contributed by atoms with Gasteiger partial charge in [0.15, 0.2) is 0 Å². The SMILES string of the molecule is C=C1CC2CCC(C1)N2C(=O)c1ccc(N2C(=O)CCC2=O)cc1. The maximum atomic E-state index is 12.9. The fourth-order valence-electron chi connectivity index (χ4n) is 4.21. The first-order valence-corrected chi connectivity index (χ1v) is 8.50. The van der Waals surface area contributed by atoms with Gasteiger partial charge in [-0.2, -0.15) is 0 Å². The average Bonchev–Trinajstić information content (AvgIpc) is 3.04. The number of anilines is 1. The Balaban J connectivity index is 1.55. The lowest BCUT2D eigenvalue weighted by atomic mass is 9.97. The molecule has 5 heteroatoms. The van der Waals surface area contributed by atoms with Gasteiger partial charge in [0, 0.05) is 30.5 Å². The van der Waals surface area contributed by atoms with Crippen LogP contribution in [0.3, 0.4) is 0 Å². The number of rotatable bonds is 2. The number of amides is 3. The molecule has 1 aromatic carbocycles. The molecule has 3 aliphatic heterocycles. The van der Waals surface area contributed by atoms with Crippen LogP contribution in [0.2, 0.25) is 0 Å². The Kier molecular flexibility index (Phi) is 3.52. The number of piperidine rings is 1. The van der Waals surface area contributed by atoms with Crippen LogP contribution < -0.4 is 4.90 Å². The second-order valence-corrected chi connectivity index (χ2v) is 6.93. The quantitative estimate of drug-likeness (QED) is 0.621. The molecule has 0 N–H and O–H groups in total. The first-order chi connectivity index (χ1) is 11.5. The van der Waals surface area contributed by atoms with Crippen LogP contribution in [-0.4, -0.2) is 34.7 Å². The van der Waals surface area contributed by atoms with Crippen LogP contribution in [0.25, 0.3) is 0 Å². The molecule has 4 rings (SSSR count). The normalized spacial score (nSPS) is 26.4. The van der Waals surface area contributed by atoms with E-state index in [1.165, 1.54) is 10.5 Å². The summed E-state index contributed by atoms with van der Waals surface area (Å²) >= 11 is 0. The lowest BCUT2D eigenvalue weighted by molar-refractivity contribution is -0.121. The molecular weight excluding hydrogens is 304 g/mol. The molecule has 5 nitrogen and oxygen atoms in total. The summed E-state index contributed by atoms with van der Waals surface area (Å²) in [7, 11) is 0. The monoisotopic (exact) mass is 324 g/mol. The molecule has 2 atom stereocenters. The molecular formula is C19H20N2O3. The molecule has 2 bridgehead atoms. The van der Waals surface area contributed by atoms with Crippen LogP contribution in [0.5, 0.6) is 0 Å². The van der Waals surface area contributed by atoms with Crippen LogP contribution in [0, 0.1) is 0 Å². The van der Waals surface area contributed by atoms with Gasteiger partial charge in [-0.3, -0.25) is 19.3 Å². The predicted molar refractivity (Wildman–Crippen MR) is 89.5 cm³/mol. The van der Waals surface area contributed by atoms with Gasteiger partial charge in [-0.05, 0) is 49.9 Å². The Morgan fingerprint density at radius 3 is 2.04 bits per heavy atom. The van der Waals surface area contributed by atoms with Crippen molar-refractivity contribution in [3.63, 3.8) is 0 Å². The van der Waals surface area contributed by atoms with E-state index in [-0.39, 0.29) is 42.6 Å². The minimum absolute atomic E-state index is 0.0422. The summed E-state index contributed by atoms with van der Waals surface area (Å²) in [5.74, 6) is -0.307. The Hall–Kier alpha value is -2.43. The van der Waals surface area contributed by atoms with Crippen LogP contribution in [0.1, 0.15) is 48.9 Å². The molecule has 0 saturated carbocycles. The van der Waals surface area contributed by atoms with Crippen molar-refractivity contribution in [1.29, 1.82) is 0 Å². The van der Waals surface area contributed by atoms with Crippen molar-refractivity contribution in [3.05, 3.63) is 42.0 Å². The van der Waals surface area contributed by atoms with Crippen LogP contribution >= 0.6 is 0 Å². The number of fused-ring (bicyclic) bond motifs is 2. The minimum atomic E-state index is -0.174. The Morgan fingerprint density at radius 2 is 1.50 bits per heavy atom. The maximum absolute atomic E-state index is 12.9. The van der Waals surface area contributed by atoms with Crippen molar-refractivity contribution in [2.24, 2.45) is 0 Å². The van der Waals surface area contributed by atoms with Crippen LogP contribution in [0.4, 0.5) is 5.69 Å². The molecule has 0 radical (unpaired) electrons. The van der Waals surface area contributed by atoms with E-state index >= 15 is 0 Å². The van der Waals surface area contributed by atoms with Gasteiger partial charge in [0.05, 0.1) is 5.69 Å². The average molecular weight is 324 g/mol. The Morgan fingerprint density at radius 1 is 0.958 bits per heavy atom. The highest BCUT2D eigenvalue weighted by Gasteiger charge is 2.41. The van der Waals surface area contributed by atoms with E-state index in [0.717, 1.165) is 25.7 Å². The minimum Gasteiger partial charge on any atom is -0.332 e. The molecule has 3 heterocycles. The fourth-order valence-corrected chi connectivity index (χ4v) is 4.21. The summed E-state index contributed by atoms with van der Waals surface area (Å²) in [6, 6.07) is 7.37. The zero-order chi connectivity index (χ0) is 16.8. The van der Waals surface area contributed by atoms with Gasteiger partial charge in [0.2, 0.25) is 11.8 Å². The summed E-state index contributed by atoms with van der Waals surface area (Å²) in [6.07, 6.45) is 4.42. The first kappa shape index (κ1) is 15.1. The Bertz CT molecular complexity index is 705. The third kappa shape index (κ3) is 2.35. The molecule has 0 aliphatic carbocycles. The van der Waals surface area contributed by atoms with Gasteiger partial charge in [-0.25, -0.2) is 0 Å². The summed E-state index contributed by atoms with van der Waals surface area (Å²) in [6.45, 7) is 4.08. The number of carbonyl (C=O) groups is 3. The largest absolute Gasteiger partial charge is 0.332 e. The second kappa shape index (κ2) is 5.58. The number of imide groups is 1. The number of hydrogen-bond acceptors (Lipinski definition) is 3. The predicted octanol–water partition coefficient (Wildman–Crippen LogP) is 2.66. The van der Waals surface area contributed by atoms with Crippen molar-refractivity contribution >= 4 is 23.4 Å². The second-order valence-electron chi connectivity index (χ2n) is 6.93. The van der Waals surface area contributed by atoms with Crippen molar-refractivity contribution in [2.45, 2.75) is 50.6 Å². The van der Waals surface area contributed by atoms with E-state index in [1.807, 2.05) is 4.90 Å². The lowest BCUT2D eigenvalue weighted by Crippen LogP contribution is -2.44. The van der Waals surface area contributed by atoms with Gasteiger partial charge in [0.1, 0.15) is 0 Å². The van der Waals surface area contributed by atoms with E-state index in [2.05, 4.69) is 6.58 Å². The summed E-state index contributed by atoms with van der Waals surface area (Å²) in [5, 5.41) is 0. The summed E-state index contributed by atoms with van der Waals surface area (Å²) in [5.41, 5.74) is 2.41. The van der Waals surface area contributed by atoms with Crippen molar-refractivity contribution in [3.8, 4) is 0 Å². The zero-order valence-corrected chi connectivity index (χ0v) is 13.5. The molecule has 2 unspecified atom stereocenters. The highest BCUT2D eigenvalue weighted by molar-refractivity contribution is 6.19. The number of benzene rings is 1. The van der Waals surface area contributed by atoms with Gasteiger partial charge in [0.25, 0.3) is 5.91 Å². The third-order valence-electron chi connectivity index (χ3n) is 5.33. The van der Waals surface area contributed by atoms with Crippen molar-refractivity contribution in [2.75, 3.05) is 4.90 Å². The molecule has 3 amide bonds. The third-order valence-corrected chi connectivity index (χ3v) is 5.33. The number of carbonyl (C=O) groups excluding carboxylic acids is 3. The van der Waals surface area contributed by atoms with E-state index < -0.39 is 0 Å². The van der Waals surface area contributed by atoms with Crippen LogP contribution in [0.15, 0.2) is 36.4 Å². The molecule has 1 aromatic rings. The van der Waals surface area contributed by atoms with Gasteiger partial charge < -0.3 is 4.90 Å². The topological polar surface area (TPSA) is 57.7 Å². The van der Waals surface area contributed by atoms with E-state index in [9.17, 15) is 14.4 Å². The molecule has 124 valence electrons. The molecule has 3 fully saturated rings. The highest BCUT2D eigenvalue weighted by Crippen LogP contribution is 2.38. The number of nitrogens with zero attached hydrogens (tertiary/aromatic N) is 2. The van der Waals surface area contributed by atoms with E-state index in [1.54, 1.807) is 24.3 Å². The highest BCUT2D eigenvalue weighted by atomic mass is 16.2. The van der Waals surface area contributed by atoms with Crippen LogP contribution in [-0.2, 0) is 9.59 Å². The standard InChI is InChI=1S/C19H20N2O3/c1-12-10-15-6-7-16(11-12)20(15)19(24)13-2-4-14(5-3-13)21-17(22)8-9-18(21)23/h2-5,15-16H,1,6-11H2. The molecule has 24 heavy (non-hydrogen) atoms. The molecule has 0 aromatic heterocycles. The summed E-state index contributed by atoms with van der Waals surface area (Å²) in [4.78, 5) is 39.7. The van der Waals surface area contributed by atoms with Crippen molar-refractivity contribution < 1.29 is 14.4 Å². The maximum Gasteiger partial charge on any atom is 0.254 e. The molecule has 3 aliphatic rings. The fraction of sp³-hybridized carbons (Fsp3) is 0.421.